The summed E-state index contributed by atoms with van der Waals surface area (Å²) in [6.45, 7) is 6.04. The molecule has 0 bridgehead atoms. The molecule has 0 aliphatic carbocycles. The Hall–Kier alpha value is -3.96. The molecule has 2 aliphatic heterocycles. The number of likely N-dealkylation sites (tertiary alicyclic amines) is 2. The van der Waals surface area contributed by atoms with Crippen molar-refractivity contribution in [2.45, 2.75) is 51.6 Å². The number of imidazole rings is 2. The summed E-state index contributed by atoms with van der Waals surface area (Å²) in [5.41, 5.74) is 6.31. The molecule has 4 atom stereocenters. The molecule has 4 N–H and O–H groups in total. The number of hydrogen-bond donors (Lipinski definition) is 4. The maximum atomic E-state index is 11.9. The zero-order valence-electron chi connectivity index (χ0n) is 26.7. The number of aliphatic hydroxyl groups is 2. The minimum absolute atomic E-state index is 0.122. The zero-order chi connectivity index (χ0) is 32.2. The van der Waals surface area contributed by atoms with E-state index in [1.165, 1.54) is 0 Å². The summed E-state index contributed by atoms with van der Waals surface area (Å²) in [6.07, 6.45) is 7.88. The molecule has 0 radical (unpaired) electrons. The van der Waals surface area contributed by atoms with Gasteiger partial charge in [0.25, 0.3) is 0 Å². The Morgan fingerprint density at radius 3 is 1.43 bits per heavy atom. The van der Waals surface area contributed by atoms with Gasteiger partial charge in [-0.3, -0.25) is 19.4 Å². The number of rotatable bonds is 13. The molecular weight excluding hydrogens is 580 g/mol. The van der Waals surface area contributed by atoms with E-state index < -0.39 is 13.2 Å². The van der Waals surface area contributed by atoms with Crippen LogP contribution in [0.25, 0.3) is 33.6 Å². The van der Waals surface area contributed by atoms with Gasteiger partial charge in [0.2, 0.25) is 0 Å². The van der Waals surface area contributed by atoms with E-state index in [0.29, 0.717) is 13.1 Å². The van der Waals surface area contributed by atoms with E-state index in [2.05, 4.69) is 68.3 Å². The molecule has 4 heterocycles. The number of H-pyrrole nitrogens is 2. The largest absolute Gasteiger partial charge is 0.389 e. The van der Waals surface area contributed by atoms with Crippen LogP contribution in [-0.4, -0.2) is 90.9 Å². The van der Waals surface area contributed by atoms with Crippen LogP contribution in [0.2, 0.25) is 0 Å². The van der Waals surface area contributed by atoms with Gasteiger partial charge in [-0.05, 0) is 61.0 Å². The number of benzene rings is 2. The van der Waals surface area contributed by atoms with Crippen molar-refractivity contribution in [3.63, 3.8) is 0 Å². The summed E-state index contributed by atoms with van der Waals surface area (Å²) in [4.78, 5) is 44.9. The Labute approximate surface area is 269 Å². The van der Waals surface area contributed by atoms with Gasteiger partial charge in [-0.25, -0.2) is 9.97 Å². The number of nitrogens with zero attached hydrogens (tertiary/aromatic N) is 4. The Morgan fingerprint density at radius 2 is 1.07 bits per heavy atom. The normalized spacial score (nSPS) is 20.3. The number of hydrogen-bond acceptors (Lipinski definition) is 8. The topological polar surface area (TPSA) is 138 Å². The molecule has 46 heavy (non-hydrogen) atoms. The summed E-state index contributed by atoms with van der Waals surface area (Å²) < 4.78 is 0. The van der Waals surface area contributed by atoms with Gasteiger partial charge in [0, 0.05) is 24.9 Å². The van der Waals surface area contributed by atoms with E-state index in [9.17, 15) is 19.8 Å². The van der Waals surface area contributed by atoms with Crippen LogP contribution in [0.1, 0.15) is 63.3 Å². The van der Waals surface area contributed by atoms with E-state index in [4.69, 9.17) is 9.97 Å². The zero-order valence-corrected chi connectivity index (χ0v) is 26.7. The highest BCUT2D eigenvalue weighted by Gasteiger charge is 2.32. The van der Waals surface area contributed by atoms with Crippen molar-refractivity contribution in [3.8, 4) is 33.6 Å². The minimum atomic E-state index is -0.409. The van der Waals surface area contributed by atoms with Gasteiger partial charge in [0.05, 0.1) is 35.9 Å². The van der Waals surface area contributed by atoms with Crippen LogP contribution in [0.3, 0.4) is 0 Å². The number of aromatic nitrogens is 4. The lowest BCUT2D eigenvalue weighted by atomic mass is 10.0. The van der Waals surface area contributed by atoms with Crippen LogP contribution in [0.4, 0.5) is 0 Å². The molecule has 10 nitrogen and oxygen atoms in total. The summed E-state index contributed by atoms with van der Waals surface area (Å²) in [5, 5.41) is 18.4. The van der Waals surface area contributed by atoms with E-state index in [1.54, 1.807) is 0 Å². The SMILES string of the molecule is CC(CN1CCC[C@H]1c1ncc(-c2ccc(-c3ccc(-c4cnc([C@@H]5CCCN5CC(C)C(=O)CO)[nH]4)cc3)cc2)[nH]1)C(=O)CO. The third kappa shape index (κ3) is 6.90. The van der Waals surface area contributed by atoms with Crippen LogP contribution in [-0.2, 0) is 9.59 Å². The average molecular weight is 625 g/mol. The number of carbonyl (C=O) groups excluding carboxylic acids is 2. The number of carbonyl (C=O) groups is 2. The monoisotopic (exact) mass is 624 g/mol. The van der Waals surface area contributed by atoms with Crippen molar-refractivity contribution in [3.05, 3.63) is 72.6 Å². The number of Topliss-reactive ketones (excluding diaryl/α,β-unsaturated/α-hetero) is 2. The van der Waals surface area contributed by atoms with E-state index in [1.807, 2.05) is 26.2 Å². The van der Waals surface area contributed by atoms with Crippen LogP contribution in [0, 0.1) is 11.8 Å². The minimum Gasteiger partial charge on any atom is -0.389 e. The van der Waals surface area contributed by atoms with Gasteiger partial charge >= 0.3 is 0 Å². The standard InChI is InChI=1S/C36H44N6O4/c1-23(33(45)21-43)19-41-15-3-5-31(41)35-37-17-29(39-35)27-11-7-25(8-12-27)26-9-13-28(14-10-26)30-18-38-36(40-30)32-6-4-16-42(32)20-24(2)34(46)22-44/h7-14,17-18,23-24,31-32,43-44H,3-6,15-16,19-22H2,1-2H3,(H,37,39)(H,38,40)/t23?,24?,31-,32-/m0/s1. The number of nitrogens with one attached hydrogen (secondary N) is 2. The number of aliphatic hydroxyl groups excluding tert-OH is 2. The van der Waals surface area contributed by atoms with Crippen molar-refractivity contribution in [1.29, 1.82) is 0 Å². The maximum Gasteiger partial charge on any atom is 0.162 e. The summed E-state index contributed by atoms with van der Waals surface area (Å²) >= 11 is 0. The molecule has 0 amide bonds. The third-order valence-corrected chi connectivity index (χ3v) is 9.70. The third-order valence-electron chi connectivity index (χ3n) is 9.70. The molecule has 2 unspecified atom stereocenters. The number of aromatic amines is 2. The van der Waals surface area contributed by atoms with Crippen LogP contribution in [0.15, 0.2) is 60.9 Å². The molecule has 2 saturated heterocycles. The fraction of sp³-hybridized carbons (Fsp3) is 0.444. The first kappa shape index (κ1) is 32.0. The smallest absolute Gasteiger partial charge is 0.162 e. The second-order valence-electron chi connectivity index (χ2n) is 12.9. The molecule has 2 aromatic heterocycles. The Balaban J connectivity index is 1.09. The lowest BCUT2D eigenvalue weighted by molar-refractivity contribution is -0.126. The van der Waals surface area contributed by atoms with Crippen molar-refractivity contribution in [1.82, 2.24) is 29.7 Å². The Morgan fingerprint density at radius 1 is 0.696 bits per heavy atom. The first-order chi connectivity index (χ1) is 22.3. The fourth-order valence-electron chi connectivity index (χ4n) is 6.92. The fourth-order valence-corrected chi connectivity index (χ4v) is 6.92. The van der Waals surface area contributed by atoms with Gasteiger partial charge in [0.1, 0.15) is 24.9 Å². The maximum absolute atomic E-state index is 11.9. The molecular formula is C36H44N6O4. The van der Waals surface area contributed by atoms with Gasteiger partial charge in [-0.15, -0.1) is 0 Å². The first-order valence-corrected chi connectivity index (χ1v) is 16.4. The summed E-state index contributed by atoms with van der Waals surface area (Å²) in [6, 6.07) is 17.2. The van der Waals surface area contributed by atoms with Crippen molar-refractivity contribution < 1.29 is 19.8 Å². The number of ketones is 2. The molecule has 0 spiro atoms. The van der Waals surface area contributed by atoms with Crippen molar-refractivity contribution >= 4 is 11.6 Å². The lowest BCUT2D eigenvalue weighted by Gasteiger charge is -2.25. The molecule has 10 heteroatoms. The Kier molecular flexibility index (Phi) is 9.89. The van der Waals surface area contributed by atoms with Crippen LogP contribution >= 0.6 is 0 Å². The molecule has 242 valence electrons. The van der Waals surface area contributed by atoms with Gasteiger partial charge in [-0.1, -0.05) is 62.4 Å². The van der Waals surface area contributed by atoms with E-state index in [0.717, 1.165) is 84.1 Å². The average Bonchev–Trinajstić information content (AvgIpc) is 3.91. The van der Waals surface area contributed by atoms with Gasteiger partial charge in [0.15, 0.2) is 11.6 Å². The second-order valence-corrected chi connectivity index (χ2v) is 12.9. The molecule has 6 rings (SSSR count). The van der Waals surface area contributed by atoms with E-state index in [-0.39, 0.29) is 35.5 Å². The highest BCUT2D eigenvalue weighted by atomic mass is 16.3. The molecule has 0 saturated carbocycles. The predicted molar refractivity (Wildman–Crippen MR) is 177 cm³/mol. The molecule has 2 aliphatic rings. The summed E-state index contributed by atoms with van der Waals surface area (Å²) in [5.74, 6) is 1.20. The molecule has 2 aromatic carbocycles. The summed E-state index contributed by atoms with van der Waals surface area (Å²) in [7, 11) is 0. The molecule has 4 aromatic rings. The first-order valence-electron chi connectivity index (χ1n) is 16.4. The highest BCUT2D eigenvalue weighted by Crippen LogP contribution is 2.34. The van der Waals surface area contributed by atoms with E-state index >= 15 is 0 Å². The predicted octanol–water partition coefficient (Wildman–Crippen LogP) is 4.80. The lowest BCUT2D eigenvalue weighted by Crippen LogP contribution is -2.33. The van der Waals surface area contributed by atoms with Crippen molar-refractivity contribution in [2.75, 3.05) is 39.4 Å². The van der Waals surface area contributed by atoms with Crippen LogP contribution in [0.5, 0.6) is 0 Å². The van der Waals surface area contributed by atoms with Crippen LogP contribution < -0.4 is 0 Å². The van der Waals surface area contributed by atoms with Gasteiger partial charge in [-0.2, -0.15) is 0 Å². The molecule has 2 fully saturated rings. The highest BCUT2D eigenvalue weighted by molar-refractivity contribution is 5.82. The van der Waals surface area contributed by atoms with Gasteiger partial charge < -0.3 is 20.2 Å². The quantitative estimate of drug-likeness (QED) is 0.166. The van der Waals surface area contributed by atoms with Crippen molar-refractivity contribution in [2.24, 2.45) is 11.8 Å². The Bertz CT molecular complexity index is 1510. The second kappa shape index (κ2) is 14.2.